The second kappa shape index (κ2) is 4.88. The summed E-state index contributed by atoms with van der Waals surface area (Å²) >= 11 is 5.95. The molecule has 0 unspecified atom stereocenters. The van der Waals surface area contributed by atoms with E-state index in [2.05, 4.69) is 11.9 Å². The van der Waals surface area contributed by atoms with E-state index in [1.807, 2.05) is 18.2 Å². The van der Waals surface area contributed by atoms with Crippen molar-refractivity contribution in [2.75, 3.05) is 6.54 Å². The maximum atomic E-state index is 5.95. The normalized spacial score (nSPS) is 10.3. The molecule has 0 aliphatic heterocycles. The minimum Gasteiger partial charge on any atom is -0.358 e. The molecule has 15 heavy (non-hydrogen) atoms. The van der Waals surface area contributed by atoms with Crippen LogP contribution in [0.25, 0.3) is 10.9 Å². The Balaban J connectivity index is 0.00000112. The Morgan fingerprint density at radius 2 is 2.13 bits per heavy atom. The zero-order valence-electron chi connectivity index (χ0n) is 8.51. The van der Waals surface area contributed by atoms with Crippen molar-refractivity contribution < 1.29 is 0 Å². The molecule has 2 aromatic rings. The number of benzene rings is 1. The molecular weight excluding hydrogens is 231 g/mol. The van der Waals surface area contributed by atoms with E-state index in [-0.39, 0.29) is 12.4 Å². The van der Waals surface area contributed by atoms with Gasteiger partial charge >= 0.3 is 0 Å². The molecule has 1 heterocycles. The van der Waals surface area contributed by atoms with Crippen LogP contribution < -0.4 is 5.73 Å². The van der Waals surface area contributed by atoms with E-state index < -0.39 is 0 Å². The Labute approximate surface area is 100 Å². The minimum atomic E-state index is 0. The van der Waals surface area contributed by atoms with Crippen molar-refractivity contribution >= 4 is 34.9 Å². The maximum Gasteiger partial charge on any atom is 0.0459 e. The molecule has 2 rings (SSSR count). The zero-order valence-corrected chi connectivity index (χ0v) is 10.1. The molecule has 0 aliphatic rings. The lowest BCUT2D eigenvalue weighted by Crippen LogP contribution is -2.03. The molecule has 0 fully saturated rings. The molecule has 0 aliphatic carbocycles. The van der Waals surface area contributed by atoms with Gasteiger partial charge < -0.3 is 10.7 Å². The van der Waals surface area contributed by atoms with Gasteiger partial charge in [-0.3, -0.25) is 0 Å². The third-order valence-corrected chi connectivity index (χ3v) is 2.71. The summed E-state index contributed by atoms with van der Waals surface area (Å²) in [5, 5.41) is 1.97. The fourth-order valence-electron chi connectivity index (χ4n) is 1.82. The van der Waals surface area contributed by atoms with Gasteiger partial charge in [0.25, 0.3) is 0 Å². The first-order valence-electron chi connectivity index (χ1n) is 4.69. The summed E-state index contributed by atoms with van der Waals surface area (Å²) in [4.78, 5) is 3.32. The Morgan fingerprint density at radius 1 is 1.40 bits per heavy atom. The van der Waals surface area contributed by atoms with Crippen molar-refractivity contribution in [3.63, 3.8) is 0 Å². The molecule has 0 amide bonds. The van der Waals surface area contributed by atoms with E-state index in [1.165, 1.54) is 16.6 Å². The summed E-state index contributed by atoms with van der Waals surface area (Å²) in [6.45, 7) is 2.74. The van der Waals surface area contributed by atoms with Gasteiger partial charge in [0.1, 0.15) is 0 Å². The molecule has 0 spiro atoms. The van der Waals surface area contributed by atoms with E-state index >= 15 is 0 Å². The summed E-state index contributed by atoms with van der Waals surface area (Å²) in [6.07, 6.45) is 0.895. The largest absolute Gasteiger partial charge is 0.358 e. The third-order valence-electron chi connectivity index (χ3n) is 2.48. The van der Waals surface area contributed by atoms with Gasteiger partial charge in [-0.1, -0.05) is 11.6 Å². The van der Waals surface area contributed by atoms with Gasteiger partial charge in [-0.05, 0) is 43.7 Å². The number of aryl methyl sites for hydroxylation is 1. The summed E-state index contributed by atoms with van der Waals surface area (Å²) in [7, 11) is 0. The van der Waals surface area contributed by atoms with Crippen LogP contribution in [0.5, 0.6) is 0 Å². The van der Waals surface area contributed by atoms with Gasteiger partial charge in [-0.2, -0.15) is 0 Å². The maximum absolute atomic E-state index is 5.95. The quantitative estimate of drug-likeness (QED) is 0.838. The summed E-state index contributed by atoms with van der Waals surface area (Å²) < 4.78 is 0. The zero-order chi connectivity index (χ0) is 10.1. The van der Waals surface area contributed by atoms with Gasteiger partial charge in [-0.25, -0.2) is 0 Å². The van der Waals surface area contributed by atoms with Crippen LogP contribution in [0, 0.1) is 6.92 Å². The van der Waals surface area contributed by atoms with Gasteiger partial charge in [-0.15, -0.1) is 12.4 Å². The van der Waals surface area contributed by atoms with Crippen LogP contribution in [0.3, 0.4) is 0 Å². The number of hydrogen-bond donors (Lipinski definition) is 2. The number of rotatable bonds is 2. The Morgan fingerprint density at radius 3 is 2.80 bits per heavy atom. The molecule has 2 nitrogen and oxygen atoms in total. The molecule has 3 N–H and O–H groups in total. The summed E-state index contributed by atoms with van der Waals surface area (Å²) in [6, 6.07) is 5.89. The molecule has 1 aromatic carbocycles. The number of H-pyrrole nitrogens is 1. The number of fused-ring (bicyclic) bond motifs is 1. The van der Waals surface area contributed by atoms with E-state index in [0.29, 0.717) is 6.54 Å². The van der Waals surface area contributed by atoms with Gasteiger partial charge in [0.05, 0.1) is 0 Å². The number of aromatic amines is 1. The number of halogens is 2. The predicted molar refractivity (Wildman–Crippen MR) is 68.1 cm³/mol. The van der Waals surface area contributed by atoms with Crippen molar-refractivity contribution in [2.45, 2.75) is 13.3 Å². The second-order valence-electron chi connectivity index (χ2n) is 3.46. The van der Waals surface area contributed by atoms with Crippen LogP contribution in [-0.2, 0) is 6.42 Å². The van der Waals surface area contributed by atoms with Crippen molar-refractivity contribution in [2.24, 2.45) is 5.73 Å². The molecule has 0 bridgehead atoms. The molecule has 1 aromatic heterocycles. The number of aromatic nitrogens is 1. The summed E-state index contributed by atoms with van der Waals surface area (Å²) in [5.41, 5.74) is 9.18. The highest BCUT2D eigenvalue weighted by Gasteiger charge is 2.07. The van der Waals surface area contributed by atoms with Gasteiger partial charge in [0.15, 0.2) is 0 Å². The smallest absolute Gasteiger partial charge is 0.0459 e. The molecular formula is C11H14Cl2N2. The van der Waals surface area contributed by atoms with Gasteiger partial charge in [0.2, 0.25) is 0 Å². The molecule has 0 saturated carbocycles. The van der Waals surface area contributed by atoms with Crippen LogP contribution in [-0.4, -0.2) is 11.5 Å². The van der Waals surface area contributed by atoms with Crippen molar-refractivity contribution in [1.82, 2.24) is 4.98 Å². The number of nitrogens with two attached hydrogens (primary N) is 1. The highest BCUT2D eigenvalue weighted by Crippen LogP contribution is 2.25. The average molecular weight is 245 g/mol. The molecule has 0 saturated heterocycles. The molecule has 82 valence electrons. The third kappa shape index (κ3) is 2.28. The SMILES string of the molecule is Cc1[nH]c2ccc(Cl)cc2c1CCN.Cl. The van der Waals surface area contributed by atoms with Crippen LogP contribution >= 0.6 is 24.0 Å². The highest BCUT2D eigenvalue weighted by atomic mass is 35.5. The Bertz CT molecular complexity index is 463. The van der Waals surface area contributed by atoms with Crippen molar-refractivity contribution in [3.05, 3.63) is 34.5 Å². The topological polar surface area (TPSA) is 41.8 Å². The Hall–Kier alpha value is -0.700. The van der Waals surface area contributed by atoms with Crippen molar-refractivity contribution in [3.8, 4) is 0 Å². The number of hydrogen-bond acceptors (Lipinski definition) is 1. The number of nitrogens with one attached hydrogen (secondary N) is 1. The lowest BCUT2D eigenvalue weighted by molar-refractivity contribution is 0.963. The van der Waals surface area contributed by atoms with Crippen LogP contribution in [0.2, 0.25) is 5.02 Å². The average Bonchev–Trinajstić information content (AvgIpc) is 2.45. The van der Waals surface area contributed by atoms with E-state index in [9.17, 15) is 0 Å². The van der Waals surface area contributed by atoms with E-state index in [4.69, 9.17) is 17.3 Å². The standard InChI is InChI=1S/C11H13ClN2.ClH/c1-7-9(4-5-13)10-6-8(12)2-3-11(10)14-7;/h2-3,6,14H,4-5,13H2,1H3;1H. The lowest BCUT2D eigenvalue weighted by atomic mass is 10.1. The monoisotopic (exact) mass is 244 g/mol. The van der Waals surface area contributed by atoms with E-state index in [1.54, 1.807) is 0 Å². The van der Waals surface area contributed by atoms with Crippen LogP contribution in [0.4, 0.5) is 0 Å². The van der Waals surface area contributed by atoms with Crippen LogP contribution in [0.1, 0.15) is 11.3 Å². The first-order chi connectivity index (χ1) is 6.72. The molecule has 0 radical (unpaired) electrons. The minimum absolute atomic E-state index is 0. The molecule has 0 atom stereocenters. The highest BCUT2D eigenvalue weighted by molar-refractivity contribution is 6.31. The first-order valence-corrected chi connectivity index (χ1v) is 5.07. The van der Waals surface area contributed by atoms with E-state index in [0.717, 1.165) is 17.0 Å². The lowest BCUT2D eigenvalue weighted by Gasteiger charge is -1.98. The van der Waals surface area contributed by atoms with Crippen LogP contribution in [0.15, 0.2) is 18.2 Å². The van der Waals surface area contributed by atoms with Crippen molar-refractivity contribution in [1.29, 1.82) is 0 Å². The Kier molecular flexibility index (Phi) is 4.03. The fraction of sp³-hybridized carbons (Fsp3) is 0.273. The second-order valence-corrected chi connectivity index (χ2v) is 3.89. The summed E-state index contributed by atoms with van der Waals surface area (Å²) in [5.74, 6) is 0. The predicted octanol–water partition coefficient (Wildman–Crippen LogP) is 3.05. The fourth-order valence-corrected chi connectivity index (χ4v) is 1.99. The molecule has 4 heteroatoms. The first kappa shape index (κ1) is 12.4. The van der Waals surface area contributed by atoms with Gasteiger partial charge in [0, 0.05) is 21.6 Å².